The lowest BCUT2D eigenvalue weighted by Gasteiger charge is -2.28. The third kappa shape index (κ3) is 5.38. The molecule has 0 fully saturated rings. The lowest BCUT2D eigenvalue weighted by molar-refractivity contribution is -0.133. The number of benzene rings is 1. The van der Waals surface area contributed by atoms with E-state index in [1.807, 2.05) is 32.9 Å². The highest BCUT2D eigenvalue weighted by molar-refractivity contribution is 7.99. The number of anilines is 1. The summed E-state index contributed by atoms with van der Waals surface area (Å²) in [6.45, 7) is 10.6. The Morgan fingerprint density at radius 3 is 2.56 bits per heavy atom. The number of rotatable bonds is 11. The number of hydrogen-bond acceptors (Lipinski definition) is 8. The fourth-order valence-electron chi connectivity index (χ4n) is 3.93. The summed E-state index contributed by atoms with van der Waals surface area (Å²) >= 11 is 1.58. The smallest absolute Gasteiger partial charge is 0.260 e. The number of methoxy groups -OCH3 is 1. The lowest BCUT2D eigenvalue weighted by atomic mass is 9.93. The first-order valence-electron chi connectivity index (χ1n) is 11.5. The van der Waals surface area contributed by atoms with E-state index in [9.17, 15) is 9.59 Å². The van der Waals surface area contributed by atoms with Gasteiger partial charge in [0.2, 0.25) is 11.1 Å². The molecule has 1 aliphatic heterocycles. The molecule has 10 heteroatoms. The van der Waals surface area contributed by atoms with Gasteiger partial charge < -0.3 is 19.7 Å². The number of Topliss-reactive ketones (excluding diaryl/α,β-unsaturated/α-hetero) is 1. The zero-order valence-electron chi connectivity index (χ0n) is 20.7. The molecule has 1 aliphatic rings. The molecular weight excluding hydrogens is 454 g/mol. The summed E-state index contributed by atoms with van der Waals surface area (Å²) in [5.41, 5.74) is 2.16. The van der Waals surface area contributed by atoms with Crippen LogP contribution in [0.25, 0.3) is 0 Å². The van der Waals surface area contributed by atoms with Crippen molar-refractivity contribution in [1.82, 2.24) is 19.7 Å². The lowest BCUT2D eigenvalue weighted by Crippen LogP contribution is -2.34. The first-order chi connectivity index (χ1) is 16.3. The second-order valence-electron chi connectivity index (χ2n) is 7.90. The van der Waals surface area contributed by atoms with E-state index < -0.39 is 6.04 Å². The second-order valence-corrected chi connectivity index (χ2v) is 8.96. The van der Waals surface area contributed by atoms with Gasteiger partial charge in [-0.15, -0.1) is 5.10 Å². The third-order valence-electron chi connectivity index (χ3n) is 5.62. The van der Waals surface area contributed by atoms with Crippen LogP contribution in [0.4, 0.5) is 5.95 Å². The van der Waals surface area contributed by atoms with E-state index in [0.29, 0.717) is 41.3 Å². The monoisotopic (exact) mass is 487 g/mol. The number of nitrogens with zero attached hydrogens (tertiary/aromatic N) is 4. The molecule has 9 nitrogen and oxygen atoms in total. The van der Waals surface area contributed by atoms with Gasteiger partial charge in [-0.2, -0.15) is 4.98 Å². The van der Waals surface area contributed by atoms with E-state index in [0.717, 1.165) is 23.4 Å². The van der Waals surface area contributed by atoms with Crippen molar-refractivity contribution in [3.63, 3.8) is 0 Å². The molecule has 1 amide bonds. The Labute approximate surface area is 204 Å². The van der Waals surface area contributed by atoms with Crippen molar-refractivity contribution in [2.45, 2.75) is 52.2 Å². The number of ether oxygens (including phenoxy) is 2. The number of aromatic nitrogens is 3. The van der Waals surface area contributed by atoms with Gasteiger partial charge in [0.05, 0.1) is 7.11 Å². The van der Waals surface area contributed by atoms with Crippen molar-refractivity contribution in [2.24, 2.45) is 0 Å². The van der Waals surface area contributed by atoms with E-state index >= 15 is 0 Å². The Morgan fingerprint density at radius 1 is 1.21 bits per heavy atom. The van der Waals surface area contributed by atoms with Crippen LogP contribution in [0.2, 0.25) is 0 Å². The van der Waals surface area contributed by atoms with Crippen LogP contribution >= 0.6 is 11.8 Å². The zero-order chi connectivity index (χ0) is 24.8. The Balaban J connectivity index is 1.96. The Kier molecular flexibility index (Phi) is 8.60. The molecule has 1 atom stereocenters. The minimum Gasteiger partial charge on any atom is -0.493 e. The van der Waals surface area contributed by atoms with Gasteiger partial charge in [-0.3, -0.25) is 9.59 Å². The van der Waals surface area contributed by atoms with E-state index in [1.54, 1.807) is 41.4 Å². The fourth-order valence-corrected chi connectivity index (χ4v) is 4.61. The molecule has 184 valence electrons. The summed E-state index contributed by atoms with van der Waals surface area (Å²) in [5, 5.41) is 8.57. The summed E-state index contributed by atoms with van der Waals surface area (Å²) in [7, 11) is 1.55. The number of fused-ring (bicyclic) bond motifs is 1. The van der Waals surface area contributed by atoms with Crippen molar-refractivity contribution in [1.29, 1.82) is 0 Å². The van der Waals surface area contributed by atoms with Crippen molar-refractivity contribution >= 4 is 29.4 Å². The SMILES string of the molecule is CCCSc1nc2n(n1)C(c1ccc(OCC(=O)N(CC)CC)c(OC)c1)C(C(C)=O)=C(C)N2. The standard InChI is InChI=1S/C24H33N5O4S/c1-7-12-34-24-26-23-25-15(4)21(16(5)30)22(29(23)27-24)17-10-11-18(19(13-17)32-6)33-14-20(31)28(8-2)9-3/h10-11,13,22H,7-9,12,14H2,1-6H3,(H,25,26,27). The maximum Gasteiger partial charge on any atom is 0.260 e. The predicted molar refractivity (Wildman–Crippen MR) is 133 cm³/mol. The van der Waals surface area contributed by atoms with Crippen LogP contribution < -0.4 is 14.8 Å². The molecule has 3 rings (SSSR count). The van der Waals surface area contributed by atoms with Crippen LogP contribution in [-0.2, 0) is 9.59 Å². The molecule has 0 aliphatic carbocycles. The summed E-state index contributed by atoms with van der Waals surface area (Å²) in [6.07, 6.45) is 1.01. The van der Waals surface area contributed by atoms with Gasteiger partial charge in [-0.05, 0) is 51.8 Å². The highest BCUT2D eigenvalue weighted by atomic mass is 32.2. The molecule has 0 saturated carbocycles. The minimum atomic E-state index is -0.461. The Hall–Kier alpha value is -3.01. The molecule has 0 saturated heterocycles. The molecule has 1 N–H and O–H groups in total. The number of likely N-dealkylation sites (N-methyl/N-ethyl adjacent to an activating group) is 1. The predicted octanol–water partition coefficient (Wildman–Crippen LogP) is 3.91. The number of amides is 1. The summed E-state index contributed by atoms with van der Waals surface area (Å²) < 4.78 is 13.1. The topological polar surface area (TPSA) is 98.6 Å². The van der Waals surface area contributed by atoms with E-state index in [1.165, 1.54) is 0 Å². The van der Waals surface area contributed by atoms with Crippen molar-refractivity contribution in [3.8, 4) is 11.5 Å². The molecule has 2 heterocycles. The number of nitrogens with one attached hydrogen (secondary N) is 1. The molecule has 2 aromatic rings. The van der Waals surface area contributed by atoms with Gasteiger partial charge in [0.1, 0.15) is 6.04 Å². The quantitative estimate of drug-likeness (QED) is 0.476. The first-order valence-corrected chi connectivity index (χ1v) is 12.5. The van der Waals surface area contributed by atoms with Gasteiger partial charge >= 0.3 is 0 Å². The average Bonchev–Trinajstić information content (AvgIpc) is 3.23. The van der Waals surface area contributed by atoms with Crippen LogP contribution in [0.3, 0.4) is 0 Å². The van der Waals surface area contributed by atoms with Gasteiger partial charge in [-0.1, -0.05) is 24.8 Å². The summed E-state index contributed by atoms with van der Waals surface area (Å²) in [4.78, 5) is 31.3. The number of carbonyl (C=O) groups excluding carboxylic acids is 2. The van der Waals surface area contributed by atoms with Gasteiger partial charge in [-0.25, -0.2) is 4.68 Å². The average molecular weight is 488 g/mol. The summed E-state index contributed by atoms with van der Waals surface area (Å²) in [5.74, 6) is 2.30. The van der Waals surface area contributed by atoms with Gasteiger partial charge in [0, 0.05) is 30.1 Å². The Morgan fingerprint density at radius 2 is 1.94 bits per heavy atom. The van der Waals surface area contributed by atoms with E-state index in [4.69, 9.17) is 9.47 Å². The molecule has 1 aromatic carbocycles. The van der Waals surface area contributed by atoms with E-state index in [-0.39, 0.29) is 18.3 Å². The molecule has 1 unspecified atom stereocenters. The van der Waals surface area contributed by atoms with Crippen molar-refractivity contribution < 1.29 is 19.1 Å². The number of carbonyl (C=O) groups is 2. The second kappa shape index (κ2) is 11.4. The van der Waals surface area contributed by atoms with Crippen LogP contribution in [0.15, 0.2) is 34.6 Å². The maximum absolute atomic E-state index is 12.6. The van der Waals surface area contributed by atoms with Gasteiger partial charge in [0.15, 0.2) is 23.9 Å². The first kappa shape index (κ1) is 25.6. The van der Waals surface area contributed by atoms with Crippen LogP contribution in [0.5, 0.6) is 11.5 Å². The number of hydrogen-bond donors (Lipinski definition) is 1. The number of allylic oxidation sites excluding steroid dienone is 2. The summed E-state index contributed by atoms with van der Waals surface area (Å²) in [6, 6.07) is 5.00. The largest absolute Gasteiger partial charge is 0.493 e. The third-order valence-corrected chi connectivity index (χ3v) is 6.66. The molecule has 0 radical (unpaired) electrons. The molecule has 0 spiro atoms. The minimum absolute atomic E-state index is 0.0528. The Bertz CT molecular complexity index is 1080. The fraction of sp³-hybridized carbons (Fsp3) is 0.500. The van der Waals surface area contributed by atoms with Crippen LogP contribution in [0, 0.1) is 0 Å². The van der Waals surface area contributed by atoms with Crippen LogP contribution in [0.1, 0.15) is 52.6 Å². The van der Waals surface area contributed by atoms with E-state index in [2.05, 4.69) is 22.3 Å². The zero-order valence-corrected chi connectivity index (χ0v) is 21.5. The van der Waals surface area contributed by atoms with Crippen LogP contribution in [-0.4, -0.2) is 63.9 Å². The molecule has 1 aromatic heterocycles. The molecular formula is C24H33N5O4S. The number of thioether (sulfide) groups is 1. The highest BCUT2D eigenvalue weighted by Gasteiger charge is 2.33. The normalized spacial score (nSPS) is 14.9. The molecule has 0 bridgehead atoms. The van der Waals surface area contributed by atoms with Gasteiger partial charge in [0.25, 0.3) is 5.91 Å². The van der Waals surface area contributed by atoms with Crippen molar-refractivity contribution in [3.05, 3.63) is 35.0 Å². The maximum atomic E-state index is 12.6. The molecule has 34 heavy (non-hydrogen) atoms. The highest BCUT2D eigenvalue weighted by Crippen LogP contribution is 2.39. The van der Waals surface area contributed by atoms with Crippen molar-refractivity contribution in [2.75, 3.05) is 37.9 Å². The number of ketones is 1.